The van der Waals surface area contributed by atoms with Crippen LogP contribution in [0, 0.1) is 0 Å². The van der Waals surface area contributed by atoms with Gasteiger partial charge in [-0.05, 0) is 32.0 Å². The van der Waals surface area contributed by atoms with Gasteiger partial charge in [-0.15, -0.1) is 0 Å². The van der Waals surface area contributed by atoms with E-state index in [-0.39, 0.29) is 0 Å². The van der Waals surface area contributed by atoms with Gasteiger partial charge < -0.3 is 10.2 Å². The molecule has 1 fully saturated rings. The zero-order chi connectivity index (χ0) is 9.97. The Hall–Kier alpha value is -1.09. The van der Waals surface area contributed by atoms with Crippen LogP contribution in [0.4, 0.5) is 5.82 Å². The van der Waals surface area contributed by atoms with Crippen molar-refractivity contribution < 1.29 is 0 Å². The van der Waals surface area contributed by atoms with E-state index in [4.69, 9.17) is 0 Å². The number of pyridine rings is 1. The molecule has 1 saturated carbocycles. The van der Waals surface area contributed by atoms with E-state index in [0.29, 0.717) is 0 Å². The molecule has 1 aromatic rings. The molecule has 0 aliphatic heterocycles. The Bertz CT molecular complexity index is 307. The summed E-state index contributed by atoms with van der Waals surface area (Å²) in [4.78, 5) is 6.86. The lowest BCUT2D eigenvalue weighted by molar-refractivity contribution is 0.782. The number of nitrogens with one attached hydrogen (secondary N) is 1. The van der Waals surface area contributed by atoms with Crippen molar-refractivity contribution in [2.45, 2.75) is 25.4 Å². The van der Waals surface area contributed by atoms with Crippen LogP contribution in [0.5, 0.6) is 0 Å². The van der Waals surface area contributed by atoms with Crippen molar-refractivity contribution in [2.24, 2.45) is 0 Å². The molecule has 1 N–H and O–H groups in total. The Morgan fingerprint density at radius 2 is 2.29 bits per heavy atom. The Kier molecular flexibility index (Phi) is 2.68. The van der Waals surface area contributed by atoms with Gasteiger partial charge in [-0.2, -0.15) is 0 Å². The maximum Gasteiger partial charge on any atom is 0.128 e. The number of aromatic nitrogens is 1. The number of anilines is 1. The Morgan fingerprint density at radius 3 is 2.93 bits per heavy atom. The molecule has 0 saturated heterocycles. The molecule has 76 valence electrons. The molecular weight excluding hydrogens is 174 g/mol. The summed E-state index contributed by atoms with van der Waals surface area (Å²) in [6.07, 6.45) is 2.63. The summed E-state index contributed by atoms with van der Waals surface area (Å²) in [6.45, 7) is 0.840. The van der Waals surface area contributed by atoms with Crippen LogP contribution in [-0.4, -0.2) is 25.1 Å². The zero-order valence-corrected chi connectivity index (χ0v) is 8.83. The van der Waals surface area contributed by atoms with Crippen molar-refractivity contribution in [2.75, 3.05) is 19.0 Å². The molecule has 2 rings (SSSR count). The summed E-state index contributed by atoms with van der Waals surface area (Å²) in [5.74, 6) is 1.10. The van der Waals surface area contributed by atoms with Crippen LogP contribution in [0.3, 0.4) is 0 Å². The number of rotatable bonds is 4. The van der Waals surface area contributed by atoms with Gasteiger partial charge in [-0.3, -0.25) is 0 Å². The minimum atomic E-state index is 0.729. The lowest BCUT2D eigenvalue weighted by Gasteiger charge is -2.17. The van der Waals surface area contributed by atoms with Gasteiger partial charge in [0.1, 0.15) is 5.82 Å². The highest BCUT2D eigenvalue weighted by Gasteiger charge is 2.26. The molecule has 3 nitrogen and oxygen atoms in total. The average Bonchev–Trinajstić information content (AvgIpc) is 3.01. The summed E-state index contributed by atoms with van der Waals surface area (Å²) >= 11 is 0. The maximum absolute atomic E-state index is 4.59. The smallest absolute Gasteiger partial charge is 0.128 e. The van der Waals surface area contributed by atoms with Crippen LogP contribution < -0.4 is 10.2 Å². The quantitative estimate of drug-likeness (QED) is 0.779. The molecule has 1 aromatic heterocycles. The predicted molar refractivity (Wildman–Crippen MR) is 58.4 cm³/mol. The lowest BCUT2D eigenvalue weighted by atomic mass is 10.3. The van der Waals surface area contributed by atoms with E-state index in [9.17, 15) is 0 Å². The fourth-order valence-electron chi connectivity index (χ4n) is 1.59. The molecule has 0 unspecified atom stereocenters. The van der Waals surface area contributed by atoms with Gasteiger partial charge in [-0.25, -0.2) is 4.98 Å². The van der Waals surface area contributed by atoms with E-state index in [1.807, 2.05) is 7.05 Å². The SMILES string of the molecule is CNCc1cccc(N(C)C2CC2)n1. The molecule has 0 radical (unpaired) electrons. The third kappa shape index (κ3) is 2.04. The molecule has 0 amide bonds. The summed E-state index contributed by atoms with van der Waals surface area (Å²) < 4.78 is 0. The molecule has 1 aliphatic carbocycles. The summed E-state index contributed by atoms with van der Waals surface area (Å²) in [7, 11) is 4.07. The molecule has 1 heterocycles. The number of hydrogen-bond acceptors (Lipinski definition) is 3. The Morgan fingerprint density at radius 1 is 1.50 bits per heavy atom. The Labute approximate surface area is 85.1 Å². The van der Waals surface area contributed by atoms with Gasteiger partial charge in [-0.1, -0.05) is 6.07 Å². The highest BCUT2D eigenvalue weighted by Crippen LogP contribution is 2.28. The van der Waals surface area contributed by atoms with Crippen LogP contribution in [0.2, 0.25) is 0 Å². The van der Waals surface area contributed by atoms with E-state index in [2.05, 4.69) is 40.4 Å². The second kappa shape index (κ2) is 3.96. The fourth-order valence-corrected chi connectivity index (χ4v) is 1.59. The fraction of sp³-hybridized carbons (Fsp3) is 0.545. The van der Waals surface area contributed by atoms with E-state index in [1.165, 1.54) is 12.8 Å². The third-order valence-electron chi connectivity index (χ3n) is 2.61. The molecule has 3 heteroatoms. The van der Waals surface area contributed by atoms with Crippen LogP contribution in [-0.2, 0) is 6.54 Å². The van der Waals surface area contributed by atoms with Crippen LogP contribution >= 0.6 is 0 Å². The first-order valence-electron chi connectivity index (χ1n) is 5.14. The molecular formula is C11H17N3. The molecule has 0 atom stereocenters. The molecule has 1 aliphatic rings. The van der Waals surface area contributed by atoms with Crippen LogP contribution in [0.25, 0.3) is 0 Å². The first-order valence-corrected chi connectivity index (χ1v) is 5.14. The van der Waals surface area contributed by atoms with Gasteiger partial charge >= 0.3 is 0 Å². The largest absolute Gasteiger partial charge is 0.357 e. The normalized spacial score (nSPS) is 15.6. The number of nitrogens with zero attached hydrogens (tertiary/aromatic N) is 2. The Balaban J connectivity index is 2.12. The highest BCUT2D eigenvalue weighted by atomic mass is 15.2. The van der Waals surface area contributed by atoms with Crippen molar-refractivity contribution >= 4 is 5.82 Å². The predicted octanol–water partition coefficient (Wildman–Crippen LogP) is 1.40. The van der Waals surface area contributed by atoms with E-state index in [0.717, 1.165) is 24.1 Å². The lowest BCUT2D eigenvalue weighted by Crippen LogP contribution is -2.21. The minimum absolute atomic E-state index is 0.729. The zero-order valence-electron chi connectivity index (χ0n) is 8.83. The summed E-state index contributed by atoms with van der Waals surface area (Å²) in [5, 5.41) is 3.11. The molecule has 0 aromatic carbocycles. The standard InChI is InChI=1S/C11H17N3/c1-12-8-9-4-3-5-11(13-9)14(2)10-6-7-10/h3-5,10,12H,6-8H2,1-2H3. The molecule has 14 heavy (non-hydrogen) atoms. The maximum atomic E-state index is 4.59. The van der Waals surface area contributed by atoms with Crippen LogP contribution in [0.15, 0.2) is 18.2 Å². The second-order valence-corrected chi connectivity index (χ2v) is 3.86. The second-order valence-electron chi connectivity index (χ2n) is 3.86. The van der Waals surface area contributed by atoms with Gasteiger partial charge in [0.2, 0.25) is 0 Å². The first-order chi connectivity index (χ1) is 6.81. The van der Waals surface area contributed by atoms with Gasteiger partial charge in [0.05, 0.1) is 5.69 Å². The van der Waals surface area contributed by atoms with Crippen molar-refractivity contribution in [1.29, 1.82) is 0 Å². The van der Waals surface area contributed by atoms with Gasteiger partial charge in [0, 0.05) is 19.6 Å². The van der Waals surface area contributed by atoms with Crippen molar-refractivity contribution in [3.05, 3.63) is 23.9 Å². The van der Waals surface area contributed by atoms with E-state index >= 15 is 0 Å². The average molecular weight is 191 g/mol. The van der Waals surface area contributed by atoms with Gasteiger partial charge in [0.15, 0.2) is 0 Å². The summed E-state index contributed by atoms with van der Waals surface area (Å²) in [6, 6.07) is 6.94. The van der Waals surface area contributed by atoms with Gasteiger partial charge in [0.25, 0.3) is 0 Å². The monoisotopic (exact) mass is 191 g/mol. The van der Waals surface area contributed by atoms with E-state index in [1.54, 1.807) is 0 Å². The van der Waals surface area contributed by atoms with Crippen LogP contribution in [0.1, 0.15) is 18.5 Å². The van der Waals surface area contributed by atoms with Crippen molar-refractivity contribution in [3.63, 3.8) is 0 Å². The minimum Gasteiger partial charge on any atom is -0.357 e. The molecule has 0 bridgehead atoms. The summed E-state index contributed by atoms with van der Waals surface area (Å²) in [5.41, 5.74) is 1.11. The third-order valence-corrected chi connectivity index (χ3v) is 2.61. The van der Waals surface area contributed by atoms with Crippen molar-refractivity contribution in [3.8, 4) is 0 Å². The number of hydrogen-bond donors (Lipinski definition) is 1. The van der Waals surface area contributed by atoms with E-state index < -0.39 is 0 Å². The highest BCUT2D eigenvalue weighted by molar-refractivity contribution is 5.41. The molecule has 0 spiro atoms. The van der Waals surface area contributed by atoms with Crippen molar-refractivity contribution in [1.82, 2.24) is 10.3 Å². The topological polar surface area (TPSA) is 28.2 Å². The first kappa shape index (κ1) is 9.46.